The van der Waals surface area contributed by atoms with Gasteiger partial charge in [-0.25, -0.2) is 0 Å². The predicted molar refractivity (Wildman–Crippen MR) is 126 cm³/mol. The van der Waals surface area contributed by atoms with Gasteiger partial charge in [0.25, 0.3) is 0 Å². The molecule has 1 fully saturated rings. The van der Waals surface area contributed by atoms with Crippen LogP contribution >= 0.6 is 11.3 Å². The second kappa shape index (κ2) is 9.92. The Kier molecular flexibility index (Phi) is 6.82. The average molecular weight is 433 g/mol. The maximum absolute atomic E-state index is 13.2. The van der Waals surface area contributed by atoms with Gasteiger partial charge in [0.1, 0.15) is 0 Å². The number of rotatable bonds is 8. The van der Waals surface area contributed by atoms with Crippen molar-refractivity contribution in [2.75, 3.05) is 18.0 Å². The van der Waals surface area contributed by atoms with Crippen molar-refractivity contribution < 1.29 is 9.59 Å². The van der Waals surface area contributed by atoms with Gasteiger partial charge >= 0.3 is 0 Å². The van der Waals surface area contributed by atoms with E-state index in [4.69, 9.17) is 0 Å². The summed E-state index contributed by atoms with van der Waals surface area (Å²) < 4.78 is 0. The van der Waals surface area contributed by atoms with Crippen LogP contribution in [0.2, 0.25) is 0 Å². The molecular weight excluding hydrogens is 404 g/mol. The quantitative estimate of drug-likeness (QED) is 0.503. The Balaban J connectivity index is 1.43. The van der Waals surface area contributed by atoms with Crippen LogP contribution < -0.4 is 4.90 Å². The molecule has 1 aliphatic rings. The number of nitrogens with zero attached hydrogens (tertiary/aromatic N) is 2. The first-order chi connectivity index (χ1) is 15.1. The number of amides is 2. The van der Waals surface area contributed by atoms with Gasteiger partial charge in [-0.15, -0.1) is 11.3 Å². The van der Waals surface area contributed by atoms with Gasteiger partial charge in [0, 0.05) is 35.0 Å². The lowest BCUT2D eigenvalue weighted by atomic mass is 10.1. The highest BCUT2D eigenvalue weighted by molar-refractivity contribution is 7.11. The maximum atomic E-state index is 13.2. The molecule has 2 amide bonds. The van der Waals surface area contributed by atoms with Gasteiger partial charge in [0.2, 0.25) is 11.8 Å². The molecule has 1 aliphatic heterocycles. The summed E-state index contributed by atoms with van der Waals surface area (Å²) in [5, 5.41) is 0. The Morgan fingerprint density at radius 1 is 1.00 bits per heavy atom. The fraction of sp³-hybridized carbons (Fsp3) is 0.308. The van der Waals surface area contributed by atoms with Crippen LogP contribution in [0.5, 0.6) is 0 Å². The second-order valence-corrected chi connectivity index (χ2v) is 9.43. The molecule has 4 rings (SSSR count). The van der Waals surface area contributed by atoms with Crippen molar-refractivity contribution in [1.29, 1.82) is 0 Å². The summed E-state index contributed by atoms with van der Waals surface area (Å²) in [4.78, 5) is 31.4. The molecule has 31 heavy (non-hydrogen) atoms. The fourth-order valence-electron chi connectivity index (χ4n) is 3.96. The first kappa shape index (κ1) is 21.3. The summed E-state index contributed by atoms with van der Waals surface area (Å²) in [5.41, 5.74) is 3.14. The molecule has 4 nitrogen and oxygen atoms in total. The third-order valence-electron chi connectivity index (χ3n) is 5.69. The van der Waals surface area contributed by atoms with Crippen molar-refractivity contribution in [3.63, 3.8) is 0 Å². The maximum Gasteiger partial charge on any atom is 0.227 e. The van der Waals surface area contributed by atoms with Crippen LogP contribution in [0.15, 0.2) is 66.7 Å². The second-order valence-electron chi connectivity index (χ2n) is 8.06. The highest BCUT2D eigenvalue weighted by atomic mass is 32.1. The van der Waals surface area contributed by atoms with Crippen molar-refractivity contribution in [2.45, 2.75) is 39.2 Å². The summed E-state index contributed by atoms with van der Waals surface area (Å²) in [5.74, 6) is 0.314. The van der Waals surface area contributed by atoms with Crippen LogP contribution in [0.4, 0.5) is 5.69 Å². The van der Waals surface area contributed by atoms with E-state index in [1.54, 1.807) is 11.3 Å². The molecule has 0 radical (unpaired) electrons. The van der Waals surface area contributed by atoms with Crippen LogP contribution in [-0.2, 0) is 29.0 Å². The van der Waals surface area contributed by atoms with Gasteiger partial charge in [-0.3, -0.25) is 9.59 Å². The Labute approximate surface area is 188 Å². The lowest BCUT2D eigenvalue weighted by molar-refractivity contribution is -0.131. The van der Waals surface area contributed by atoms with E-state index in [0.29, 0.717) is 25.9 Å². The van der Waals surface area contributed by atoms with Gasteiger partial charge in [0.15, 0.2) is 0 Å². The summed E-state index contributed by atoms with van der Waals surface area (Å²) >= 11 is 1.75. The molecule has 2 heterocycles. The zero-order chi connectivity index (χ0) is 21.6. The molecule has 160 valence electrons. The molecule has 0 saturated carbocycles. The van der Waals surface area contributed by atoms with E-state index in [2.05, 4.69) is 31.2 Å². The number of anilines is 1. The van der Waals surface area contributed by atoms with E-state index in [1.165, 1.54) is 15.3 Å². The van der Waals surface area contributed by atoms with Crippen LogP contribution in [0, 0.1) is 6.92 Å². The lowest BCUT2D eigenvalue weighted by Crippen LogP contribution is -2.33. The van der Waals surface area contributed by atoms with Gasteiger partial charge in [-0.1, -0.05) is 42.5 Å². The highest BCUT2D eigenvalue weighted by Gasteiger charge is 2.22. The van der Waals surface area contributed by atoms with Crippen LogP contribution in [0.3, 0.4) is 0 Å². The topological polar surface area (TPSA) is 40.6 Å². The largest absolute Gasteiger partial charge is 0.337 e. The average Bonchev–Trinajstić information content (AvgIpc) is 3.40. The number of carbonyl (C=O) groups is 2. The molecule has 0 spiro atoms. The number of thiophene rings is 1. The minimum absolute atomic E-state index is 0.131. The van der Waals surface area contributed by atoms with Gasteiger partial charge in [0.05, 0.1) is 13.0 Å². The van der Waals surface area contributed by atoms with Crippen molar-refractivity contribution in [2.24, 2.45) is 0 Å². The van der Waals surface area contributed by atoms with Crippen LogP contribution in [-0.4, -0.2) is 29.8 Å². The van der Waals surface area contributed by atoms with Crippen molar-refractivity contribution in [1.82, 2.24) is 4.90 Å². The Hall–Kier alpha value is -2.92. The SMILES string of the molecule is Cc1ccc(CN(CCc2ccccc2)C(=O)Cc2ccc(N3CCCC3=O)cc2)s1. The zero-order valence-corrected chi connectivity index (χ0v) is 18.7. The monoisotopic (exact) mass is 432 g/mol. The molecule has 0 bridgehead atoms. The number of hydrogen-bond donors (Lipinski definition) is 0. The van der Waals surface area contributed by atoms with Crippen LogP contribution in [0.1, 0.15) is 33.7 Å². The summed E-state index contributed by atoms with van der Waals surface area (Å²) in [6.45, 7) is 4.21. The van der Waals surface area contributed by atoms with Crippen molar-refractivity contribution in [3.05, 3.63) is 87.6 Å². The van der Waals surface area contributed by atoms with Crippen molar-refractivity contribution in [3.8, 4) is 0 Å². The normalized spacial score (nSPS) is 13.6. The van der Waals surface area contributed by atoms with E-state index in [0.717, 1.165) is 30.6 Å². The predicted octanol–water partition coefficient (Wildman–Crippen LogP) is 5.00. The Morgan fingerprint density at radius 2 is 1.77 bits per heavy atom. The molecular formula is C26H28N2O2S. The summed E-state index contributed by atoms with van der Waals surface area (Å²) in [7, 11) is 0. The molecule has 1 aromatic heterocycles. The molecule has 1 saturated heterocycles. The number of carbonyl (C=O) groups excluding carboxylic acids is 2. The molecule has 0 aliphatic carbocycles. The van der Waals surface area contributed by atoms with E-state index < -0.39 is 0 Å². The van der Waals surface area contributed by atoms with Gasteiger partial charge in [-0.05, 0) is 55.2 Å². The summed E-state index contributed by atoms with van der Waals surface area (Å²) in [6, 6.07) is 22.4. The van der Waals surface area contributed by atoms with Crippen LogP contribution in [0.25, 0.3) is 0 Å². The number of aryl methyl sites for hydroxylation is 1. The molecule has 0 N–H and O–H groups in total. The van der Waals surface area contributed by atoms with Crippen molar-refractivity contribution >= 4 is 28.8 Å². The highest BCUT2D eigenvalue weighted by Crippen LogP contribution is 2.22. The molecule has 2 aromatic carbocycles. The minimum atomic E-state index is 0.131. The molecule has 3 aromatic rings. The van der Waals surface area contributed by atoms with Gasteiger partial charge in [-0.2, -0.15) is 0 Å². The summed E-state index contributed by atoms with van der Waals surface area (Å²) in [6.07, 6.45) is 2.75. The fourth-order valence-corrected chi connectivity index (χ4v) is 4.87. The number of benzene rings is 2. The Morgan fingerprint density at radius 3 is 2.42 bits per heavy atom. The van der Waals surface area contributed by atoms with E-state index in [9.17, 15) is 9.59 Å². The van der Waals surface area contributed by atoms with E-state index in [1.807, 2.05) is 52.3 Å². The third kappa shape index (κ3) is 5.61. The smallest absolute Gasteiger partial charge is 0.227 e. The lowest BCUT2D eigenvalue weighted by Gasteiger charge is -2.23. The molecule has 5 heteroatoms. The number of hydrogen-bond acceptors (Lipinski definition) is 3. The van der Waals surface area contributed by atoms with Gasteiger partial charge < -0.3 is 9.80 Å². The minimum Gasteiger partial charge on any atom is -0.337 e. The standard InChI is InChI=1S/C26H28N2O2S/c1-20-9-14-24(31-20)19-27(17-15-21-6-3-2-4-7-21)26(30)18-22-10-12-23(13-11-22)28-16-5-8-25(28)29/h2-4,6-7,9-14H,5,8,15-19H2,1H3. The first-order valence-corrected chi connectivity index (χ1v) is 11.7. The molecule has 0 atom stereocenters. The first-order valence-electron chi connectivity index (χ1n) is 10.8. The Bertz CT molecular complexity index is 1030. The molecule has 0 unspecified atom stereocenters. The van der Waals surface area contributed by atoms with E-state index in [-0.39, 0.29) is 11.8 Å². The zero-order valence-electron chi connectivity index (χ0n) is 17.9. The third-order valence-corrected chi connectivity index (χ3v) is 6.67. The van der Waals surface area contributed by atoms with E-state index >= 15 is 0 Å².